The van der Waals surface area contributed by atoms with Gasteiger partial charge in [-0.3, -0.25) is 4.99 Å². The number of nitrogens with one attached hydrogen (secondary N) is 1. The second kappa shape index (κ2) is 12.8. The van der Waals surface area contributed by atoms with Gasteiger partial charge < -0.3 is 19.6 Å². The van der Waals surface area contributed by atoms with E-state index < -0.39 is 10.0 Å². The molecule has 3 rings (SSSR count). The van der Waals surface area contributed by atoms with Gasteiger partial charge in [0.2, 0.25) is 10.0 Å². The fourth-order valence-corrected chi connectivity index (χ4v) is 5.26. The van der Waals surface area contributed by atoms with Crippen LogP contribution in [0, 0.1) is 0 Å². The summed E-state index contributed by atoms with van der Waals surface area (Å²) in [6, 6.07) is 1.59. The molecule has 0 radical (unpaired) electrons. The molecular formula is C19H35IN6O3S. The van der Waals surface area contributed by atoms with Crippen molar-refractivity contribution in [3.8, 4) is 0 Å². The van der Waals surface area contributed by atoms with Gasteiger partial charge in [0.1, 0.15) is 12.0 Å². The van der Waals surface area contributed by atoms with Crippen LogP contribution in [-0.2, 0) is 15.8 Å². The van der Waals surface area contributed by atoms with E-state index in [1.54, 1.807) is 6.07 Å². The van der Waals surface area contributed by atoms with E-state index >= 15 is 0 Å². The third kappa shape index (κ3) is 7.65. The molecule has 2 aliphatic rings. The summed E-state index contributed by atoms with van der Waals surface area (Å²) >= 11 is 0. The van der Waals surface area contributed by atoms with Gasteiger partial charge in [0, 0.05) is 45.3 Å². The monoisotopic (exact) mass is 554 g/mol. The zero-order valence-electron chi connectivity index (χ0n) is 17.8. The molecule has 11 heteroatoms. The lowest BCUT2D eigenvalue weighted by Gasteiger charge is -2.35. The summed E-state index contributed by atoms with van der Waals surface area (Å²) in [5.74, 6) is 0.775. The number of guanidine groups is 1. The molecule has 1 N–H and O–H groups in total. The molecule has 172 valence electrons. The lowest BCUT2D eigenvalue weighted by Crippen LogP contribution is -2.53. The van der Waals surface area contributed by atoms with E-state index in [1.807, 2.05) is 0 Å². The molecule has 3 heterocycles. The Labute approximate surface area is 197 Å². The van der Waals surface area contributed by atoms with Gasteiger partial charge in [0.15, 0.2) is 5.96 Å². The minimum Gasteiger partial charge on any atom is -0.364 e. The number of aromatic nitrogens is 1. The zero-order chi connectivity index (χ0) is 20.5. The summed E-state index contributed by atoms with van der Waals surface area (Å²) in [5.41, 5.74) is 0.441. The van der Waals surface area contributed by atoms with Gasteiger partial charge >= 0.3 is 0 Å². The van der Waals surface area contributed by atoms with Crippen LogP contribution in [0.3, 0.4) is 0 Å². The van der Waals surface area contributed by atoms with E-state index in [1.165, 1.54) is 49.5 Å². The Morgan fingerprint density at radius 2 is 1.90 bits per heavy atom. The van der Waals surface area contributed by atoms with Crippen LogP contribution >= 0.6 is 24.0 Å². The third-order valence-corrected chi connectivity index (χ3v) is 7.24. The molecule has 30 heavy (non-hydrogen) atoms. The Hall–Kier alpha value is -0.920. The van der Waals surface area contributed by atoms with Crippen molar-refractivity contribution in [3.63, 3.8) is 0 Å². The molecule has 2 fully saturated rings. The van der Waals surface area contributed by atoms with Gasteiger partial charge in [-0.15, -0.1) is 24.0 Å². The van der Waals surface area contributed by atoms with Gasteiger partial charge in [-0.25, -0.2) is 8.42 Å². The first kappa shape index (κ1) is 25.3. The highest BCUT2D eigenvalue weighted by atomic mass is 127. The quantitative estimate of drug-likeness (QED) is 0.215. The Morgan fingerprint density at radius 3 is 2.53 bits per heavy atom. The third-order valence-electron chi connectivity index (χ3n) is 5.43. The summed E-state index contributed by atoms with van der Waals surface area (Å²) in [4.78, 5) is 9.47. The number of rotatable bonds is 9. The first-order valence-corrected chi connectivity index (χ1v) is 12.3. The molecule has 0 aliphatic carbocycles. The normalized spacial score (nSPS) is 19.1. The number of likely N-dealkylation sites (tertiary alicyclic amines) is 1. The molecular weight excluding hydrogens is 519 g/mol. The Balaban J connectivity index is 0.00000320. The van der Waals surface area contributed by atoms with E-state index in [-0.39, 0.29) is 29.7 Å². The van der Waals surface area contributed by atoms with Crippen LogP contribution < -0.4 is 5.32 Å². The maximum Gasteiger partial charge on any atom is 0.220 e. The van der Waals surface area contributed by atoms with Crippen molar-refractivity contribution >= 4 is 40.0 Å². The number of unbranched alkanes of at least 4 members (excludes halogenated alkanes) is 1. The number of hydrogen-bond acceptors (Lipinski definition) is 6. The van der Waals surface area contributed by atoms with Crippen molar-refractivity contribution < 1.29 is 12.9 Å². The van der Waals surface area contributed by atoms with Crippen LogP contribution in [0.15, 0.2) is 21.8 Å². The predicted octanol–water partition coefficient (Wildman–Crippen LogP) is 1.58. The average molecular weight is 554 g/mol. The highest BCUT2D eigenvalue weighted by Crippen LogP contribution is 2.13. The van der Waals surface area contributed by atoms with E-state index in [2.05, 4.69) is 27.2 Å². The molecule has 0 unspecified atom stereocenters. The highest BCUT2D eigenvalue weighted by Gasteiger charge is 2.28. The first-order valence-electron chi connectivity index (χ1n) is 10.7. The smallest absolute Gasteiger partial charge is 0.220 e. The predicted molar refractivity (Wildman–Crippen MR) is 129 cm³/mol. The Kier molecular flexibility index (Phi) is 10.8. The molecule has 9 nitrogen and oxygen atoms in total. The minimum atomic E-state index is -3.38. The summed E-state index contributed by atoms with van der Waals surface area (Å²) in [6.45, 7) is 9.52. The maximum absolute atomic E-state index is 12.6. The zero-order valence-corrected chi connectivity index (χ0v) is 21.0. The Bertz CT molecular complexity index is 729. The van der Waals surface area contributed by atoms with Crippen molar-refractivity contribution in [2.24, 2.45) is 4.99 Å². The largest absolute Gasteiger partial charge is 0.364 e. The van der Waals surface area contributed by atoms with E-state index in [4.69, 9.17) is 9.52 Å². The highest BCUT2D eigenvalue weighted by molar-refractivity contribution is 14.0. The topological polar surface area (TPSA) is 94.3 Å². The van der Waals surface area contributed by atoms with Gasteiger partial charge in [-0.05, 0) is 52.2 Å². The molecule has 0 bridgehead atoms. The van der Waals surface area contributed by atoms with Crippen LogP contribution in [0.2, 0.25) is 0 Å². The SMILES string of the molecule is CCNC(=NCCCCN1CCCC1)N1CCN(S(=O)(=O)Cc2ccon2)CC1.I. The molecule has 0 spiro atoms. The van der Waals surface area contributed by atoms with Crippen molar-refractivity contribution in [2.45, 2.75) is 38.4 Å². The van der Waals surface area contributed by atoms with Crippen molar-refractivity contribution in [3.05, 3.63) is 18.0 Å². The van der Waals surface area contributed by atoms with Crippen LogP contribution in [0.25, 0.3) is 0 Å². The molecule has 0 saturated carbocycles. The maximum atomic E-state index is 12.6. The standard InChI is InChI=1S/C19H34N6O3S.HI/c1-2-20-19(21-8-3-4-9-23-10-5-6-11-23)24-12-14-25(15-13-24)29(26,27)17-18-7-16-28-22-18;/h7,16H,2-6,8-15,17H2,1H3,(H,20,21);1H. The van der Waals surface area contributed by atoms with Gasteiger partial charge in [-0.1, -0.05) is 5.16 Å². The van der Waals surface area contributed by atoms with Crippen LogP contribution in [0.5, 0.6) is 0 Å². The van der Waals surface area contributed by atoms with Crippen molar-refractivity contribution in [1.29, 1.82) is 0 Å². The molecule has 1 aromatic rings. The van der Waals surface area contributed by atoms with Gasteiger partial charge in [-0.2, -0.15) is 4.31 Å². The average Bonchev–Trinajstić information content (AvgIpc) is 3.41. The second-order valence-corrected chi connectivity index (χ2v) is 9.59. The van der Waals surface area contributed by atoms with Crippen LogP contribution in [0.4, 0.5) is 0 Å². The second-order valence-electron chi connectivity index (χ2n) is 7.62. The first-order chi connectivity index (χ1) is 14.1. The van der Waals surface area contributed by atoms with E-state index in [9.17, 15) is 8.42 Å². The summed E-state index contributed by atoms with van der Waals surface area (Å²) in [5, 5.41) is 7.06. The lowest BCUT2D eigenvalue weighted by atomic mass is 10.3. The lowest BCUT2D eigenvalue weighted by molar-refractivity contribution is 0.259. The summed E-state index contributed by atoms with van der Waals surface area (Å²) in [7, 11) is -3.38. The summed E-state index contributed by atoms with van der Waals surface area (Å²) in [6.07, 6.45) is 6.33. The number of halogens is 1. The number of hydrogen-bond donors (Lipinski definition) is 1. The van der Waals surface area contributed by atoms with E-state index in [0.717, 1.165) is 25.5 Å². The van der Waals surface area contributed by atoms with Crippen molar-refractivity contribution in [1.82, 2.24) is 24.6 Å². The molecule has 2 saturated heterocycles. The summed E-state index contributed by atoms with van der Waals surface area (Å²) < 4.78 is 31.4. The minimum absolute atomic E-state index is 0. The van der Waals surface area contributed by atoms with Crippen LogP contribution in [0.1, 0.15) is 38.3 Å². The number of nitrogens with zero attached hydrogens (tertiary/aromatic N) is 5. The fraction of sp³-hybridized carbons (Fsp3) is 0.789. The Morgan fingerprint density at radius 1 is 1.17 bits per heavy atom. The number of aliphatic imine (C=N–C) groups is 1. The fourth-order valence-electron chi connectivity index (χ4n) is 3.83. The van der Waals surface area contributed by atoms with E-state index in [0.29, 0.717) is 31.9 Å². The molecule has 0 aromatic carbocycles. The van der Waals surface area contributed by atoms with Gasteiger partial charge in [0.25, 0.3) is 0 Å². The molecule has 1 aromatic heterocycles. The molecule has 2 aliphatic heterocycles. The molecule has 0 amide bonds. The number of piperazine rings is 1. The van der Waals surface area contributed by atoms with Crippen LogP contribution in [-0.4, -0.2) is 92.5 Å². The molecule has 0 atom stereocenters. The van der Waals surface area contributed by atoms with Gasteiger partial charge in [0.05, 0.1) is 5.69 Å². The number of sulfonamides is 1. The van der Waals surface area contributed by atoms with Crippen molar-refractivity contribution in [2.75, 3.05) is 58.9 Å².